The maximum Gasteiger partial charge on any atom is 0.176 e. The molecule has 3 atom stereocenters. The Kier molecular flexibility index (Phi) is 3.59. The molecule has 28 heavy (non-hydrogen) atoms. The second-order valence-electron chi connectivity index (χ2n) is 7.62. The molecule has 2 N–H and O–H groups in total. The van der Waals surface area contributed by atoms with Gasteiger partial charge in [0.2, 0.25) is 0 Å². The minimum absolute atomic E-state index is 0.0583. The first kappa shape index (κ1) is 16.7. The van der Waals surface area contributed by atoms with E-state index in [1.807, 2.05) is 37.4 Å². The maximum atomic E-state index is 12.8. The third-order valence-electron chi connectivity index (χ3n) is 6.37. The van der Waals surface area contributed by atoms with Crippen molar-refractivity contribution in [2.45, 2.75) is 25.2 Å². The summed E-state index contributed by atoms with van der Waals surface area (Å²) < 4.78 is 0. The van der Waals surface area contributed by atoms with Crippen LogP contribution in [-0.2, 0) is 16.6 Å². The Labute approximate surface area is 162 Å². The lowest BCUT2D eigenvalue weighted by atomic mass is 9.54. The number of allylic oxidation sites excluding steroid dienone is 2. The molecule has 2 heterocycles. The largest absolute Gasteiger partial charge is 0.293 e. The lowest BCUT2D eigenvalue weighted by Crippen LogP contribution is -2.48. The van der Waals surface area contributed by atoms with Crippen LogP contribution in [-0.4, -0.2) is 26.2 Å². The van der Waals surface area contributed by atoms with Crippen LogP contribution >= 0.6 is 0 Å². The molecule has 6 nitrogen and oxygen atoms in total. The average molecular weight is 369 g/mol. The summed E-state index contributed by atoms with van der Waals surface area (Å²) >= 11 is 0. The summed E-state index contributed by atoms with van der Waals surface area (Å²) in [5.41, 5.74) is 4.69. The second kappa shape index (κ2) is 6.03. The molecular weight excluding hydrogens is 350 g/mol. The number of aromatic nitrogens is 4. The molecule has 0 unspecified atom stereocenters. The highest BCUT2D eigenvalue weighted by molar-refractivity contribution is 6.02. The number of hydrogen-bond donors (Lipinski definition) is 2. The molecule has 0 saturated heterocycles. The molecule has 0 spiro atoms. The summed E-state index contributed by atoms with van der Waals surface area (Å²) in [6, 6.07) is 12.3. The standard InChI is InChI=1S/C22H19N5O/c1-13-18-8-7-17-19(15-11-24-25-12-15)26-27-21(17)22(18,9-14(10-23)20(13)28)16-5-3-2-4-6-16/h2-6,9,11-13,18H,7-8H2,1H3,(H,24,25)(H,26,27)/t13-,18-,22+/m0/s1. The van der Waals surface area contributed by atoms with Gasteiger partial charge in [-0.15, -0.1) is 0 Å². The molecule has 3 aromatic rings. The van der Waals surface area contributed by atoms with E-state index in [1.54, 1.807) is 6.20 Å². The highest BCUT2D eigenvalue weighted by Crippen LogP contribution is 2.54. The van der Waals surface area contributed by atoms with E-state index in [2.05, 4.69) is 38.6 Å². The van der Waals surface area contributed by atoms with Gasteiger partial charge in [0, 0.05) is 23.2 Å². The van der Waals surface area contributed by atoms with E-state index in [0.29, 0.717) is 0 Å². The topological polar surface area (TPSA) is 98.2 Å². The van der Waals surface area contributed by atoms with Crippen molar-refractivity contribution in [2.75, 3.05) is 0 Å². The van der Waals surface area contributed by atoms with E-state index in [0.717, 1.165) is 40.9 Å². The lowest BCUT2D eigenvalue weighted by Gasteiger charge is -2.47. The molecule has 1 aromatic carbocycles. The van der Waals surface area contributed by atoms with Crippen LogP contribution in [0.2, 0.25) is 0 Å². The van der Waals surface area contributed by atoms with Crippen molar-refractivity contribution in [1.29, 1.82) is 5.26 Å². The number of carbonyl (C=O) groups excluding carboxylic acids is 1. The first-order valence-electron chi connectivity index (χ1n) is 9.46. The Morgan fingerprint density at radius 2 is 2.11 bits per heavy atom. The number of hydrogen-bond acceptors (Lipinski definition) is 4. The van der Waals surface area contributed by atoms with Gasteiger partial charge in [-0.3, -0.25) is 15.0 Å². The fourth-order valence-electron chi connectivity index (χ4n) is 5.08. The molecule has 138 valence electrons. The Balaban J connectivity index is 1.83. The van der Waals surface area contributed by atoms with Crippen LogP contribution < -0.4 is 0 Å². The van der Waals surface area contributed by atoms with Gasteiger partial charge in [0.25, 0.3) is 0 Å². The monoisotopic (exact) mass is 369 g/mol. The molecule has 6 heteroatoms. The summed E-state index contributed by atoms with van der Waals surface area (Å²) in [5, 5.41) is 24.4. The van der Waals surface area contributed by atoms with Crippen LogP contribution in [0.3, 0.4) is 0 Å². The number of benzene rings is 1. The first-order chi connectivity index (χ1) is 13.7. The van der Waals surface area contributed by atoms with E-state index in [1.165, 1.54) is 0 Å². The van der Waals surface area contributed by atoms with Crippen LogP contribution in [0.5, 0.6) is 0 Å². The second-order valence-corrected chi connectivity index (χ2v) is 7.62. The number of ketones is 1. The van der Waals surface area contributed by atoms with Crippen molar-refractivity contribution < 1.29 is 4.79 Å². The number of nitrogens with zero attached hydrogens (tertiary/aromatic N) is 3. The fourth-order valence-corrected chi connectivity index (χ4v) is 5.08. The summed E-state index contributed by atoms with van der Waals surface area (Å²) in [5.74, 6) is -0.213. The first-order valence-corrected chi connectivity index (χ1v) is 9.46. The van der Waals surface area contributed by atoms with Crippen molar-refractivity contribution in [3.63, 3.8) is 0 Å². The predicted molar refractivity (Wildman–Crippen MR) is 103 cm³/mol. The van der Waals surface area contributed by atoms with Crippen molar-refractivity contribution >= 4 is 5.78 Å². The van der Waals surface area contributed by atoms with Crippen molar-refractivity contribution in [1.82, 2.24) is 20.4 Å². The van der Waals surface area contributed by atoms with E-state index >= 15 is 0 Å². The third kappa shape index (κ3) is 2.10. The van der Waals surface area contributed by atoms with Gasteiger partial charge in [0.15, 0.2) is 5.78 Å². The highest BCUT2D eigenvalue weighted by Gasteiger charge is 2.53. The summed E-state index contributed by atoms with van der Waals surface area (Å²) in [6.45, 7) is 1.95. The van der Waals surface area contributed by atoms with Gasteiger partial charge in [-0.25, -0.2) is 0 Å². The Hall–Kier alpha value is -3.46. The minimum Gasteiger partial charge on any atom is -0.293 e. The number of H-pyrrole nitrogens is 2. The molecule has 2 aliphatic rings. The predicted octanol–water partition coefficient (Wildman–Crippen LogP) is 3.32. The number of Topliss-reactive ketones (excluding diaryl/α,β-unsaturated/α-hetero) is 1. The highest BCUT2D eigenvalue weighted by atomic mass is 16.1. The molecule has 0 bridgehead atoms. The Morgan fingerprint density at radius 1 is 1.29 bits per heavy atom. The van der Waals surface area contributed by atoms with Crippen LogP contribution in [0.1, 0.15) is 30.2 Å². The van der Waals surface area contributed by atoms with E-state index < -0.39 is 5.41 Å². The third-order valence-corrected chi connectivity index (χ3v) is 6.37. The molecule has 0 amide bonds. The number of nitrogens with one attached hydrogen (secondary N) is 2. The van der Waals surface area contributed by atoms with E-state index in [9.17, 15) is 10.1 Å². The normalized spacial score (nSPS) is 26.1. The molecule has 5 rings (SSSR count). The maximum absolute atomic E-state index is 12.8. The molecule has 0 radical (unpaired) electrons. The zero-order valence-electron chi connectivity index (χ0n) is 15.4. The summed E-state index contributed by atoms with van der Waals surface area (Å²) in [4.78, 5) is 12.8. The van der Waals surface area contributed by atoms with Gasteiger partial charge in [0.1, 0.15) is 6.07 Å². The van der Waals surface area contributed by atoms with Crippen LogP contribution in [0.25, 0.3) is 11.3 Å². The number of fused-ring (bicyclic) bond motifs is 3. The summed E-state index contributed by atoms with van der Waals surface area (Å²) in [6.07, 6.45) is 7.17. The van der Waals surface area contributed by atoms with Crippen LogP contribution in [0, 0.1) is 23.2 Å². The van der Waals surface area contributed by atoms with Gasteiger partial charge in [-0.1, -0.05) is 37.3 Å². The lowest BCUT2D eigenvalue weighted by molar-refractivity contribution is -0.121. The van der Waals surface area contributed by atoms with E-state index in [-0.39, 0.29) is 23.2 Å². The Bertz CT molecular complexity index is 1120. The van der Waals surface area contributed by atoms with Gasteiger partial charge < -0.3 is 0 Å². The molecule has 0 saturated carbocycles. The van der Waals surface area contributed by atoms with Crippen molar-refractivity contribution in [2.24, 2.45) is 11.8 Å². The zero-order chi connectivity index (χ0) is 19.3. The van der Waals surface area contributed by atoms with Gasteiger partial charge in [0.05, 0.1) is 28.6 Å². The smallest absolute Gasteiger partial charge is 0.176 e. The zero-order valence-corrected chi connectivity index (χ0v) is 15.4. The molecular formula is C22H19N5O. The molecule has 2 aromatic heterocycles. The van der Waals surface area contributed by atoms with Crippen molar-refractivity contribution in [3.8, 4) is 17.3 Å². The fraction of sp³-hybridized carbons (Fsp3) is 0.273. The minimum atomic E-state index is -0.567. The number of nitriles is 1. The van der Waals surface area contributed by atoms with Crippen LogP contribution in [0.15, 0.2) is 54.4 Å². The molecule has 0 aliphatic heterocycles. The van der Waals surface area contributed by atoms with E-state index in [4.69, 9.17) is 0 Å². The number of rotatable bonds is 2. The molecule has 0 fully saturated rings. The molecule has 2 aliphatic carbocycles. The van der Waals surface area contributed by atoms with Gasteiger partial charge in [-0.05, 0) is 30.4 Å². The van der Waals surface area contributed by atoms with Gasteiger partial charge >= 0.3 is 0 Å². The quantitative estimate of drug-likeness (QED) is 0.724. The van der Waals surface area contributed by atoms with Crippen LogP contribution in [0.4, 0.5) is 0 Å². The average Bonchev–Trinajstić information content (AvgIpc) is 3.40. The summed E-state index contributed by atoms with van der Waals surface area (Å²) in [7, 11) is 0. The van der Waals surface area contributed by atoms with Gasteiger partial charge in [-0.2, -0.15) is 15.5 Å². The van der Waals surface area contributed by atoms with Crippen molar-refractivity contribution in [3.05, 3.63) is 71.2 Å². The SMILES string of the molecule is C[C@@H]1C(=O)C(C#N)=C[C@]2(c3ccccc3)c3[nH]nc(-c4cn[nH]c4)c3CC[C@@H]12. The number of carbonyl (C=O) groups is 1. The Morgan fingerprint density at radius 3 is 2.82 bits per heavy atom. The number of aromatic amines is 2.